The minimum Gasteiger partial charge on any atom is -0.490 e. The highest BCUT2D eigenvalue weighted by Gasteiger charge is 2.21. The minimum absolute atomic E-state index is 0.0234. The molecule has 6 heteroatoms. The number of nitrogens with zero attached hydrogens (tertiary/aromatic N) is 2. The van der Waals surface area contributed by atoms with E-state index in [-0.39, 0.29) is 18.1 Å². The Hall–Kier alpha value is -2.44. The van der Waals surface area contributed by atoms with E-state index in [2.05, 4.69) is 21.3 Å². The number of methoxy groups -OCH3 is 1. The number of benzene rings is 1. The number of aromatic nitrogens is 1. The van der Waals surface area contributed by atoms with Gasteiger partial charge in [-0.3, -0.25) is 14.7 Å². The van der Waals surface area contributed by atoms with E-state index >= 15 is 0 Å². The predicted molar refractivity (Wildman–Crippen MR) is 108 cm³/mol. The maximum atomic E-state index is 12.2. The Morgan fingerprint density at radius 3 is 2.61 bits per heavy atom. The Labute approximate surface area is 166 Å². The lowest BCUT2D eigenvalue weighted by atomic mass is 10.1. The molecule has 2 aromatic rings. The number of hydrogen-bond acceptors (Lipinski definition) is 5. The van der Waals surface area contributed by atoms with Gasteiger partial charge in [0.2, 0.25) is 0 Å². The first-order chi connectivity index (χ1) is 13.6. The van der Waals surface area contributed by atoms with Crippen molar-refractivity contribution in [2.45, 2.75) is 38.5 Å². The van der Waals surface area contributed by atoms with Crippen LogP contribution in [0.2, 0.25) is 0 Å². The number of carbonyl (C=O) groups excluding carboxylic acids is 1. The highest BCUT2D eigenvalue weighted by Crippen LogP contribution is 2.20. The van der Waals surface area contributed by atoms with Crippen molar-refractivity contribution in [3.05, 3.63) is 59.9 Å². The molecule has 0 spiro atoms. The molecule has 1 aliphatic heterocycles. The summed E-state index contributed by atoms with van der Waals surface area (Å²) in [5, 5.41) is 2.91. The van der Waals surface area contributed by atoms with E-state index in [1.807, 2.05) is 37.4 Å². The Bertz CT molecular complexity index is 728. The zero-order chi connectivity index (χ0) is 19.8. The molecule has 0 radical (unpaired) electrons. The maximum absolute atomic E-state index is 12.2. The molecule has 1 amide bonds. The number of rotatable bonds is 8. The molecule has 1 N–H and O–H groups in total. The Morgan fingerprint density at radius 2 is 1.96 bits per heavy atom. The molecule has 2 heterocycles. The number of pyridine rings is 1. The van der Waals surface area contributed by atoms with Gasteiger partial charge in [-0.2, -0.15) is 0 Å². The van der Waals surface area contributed by atoms with E-state index in [1.54, 1.807) is 19.2 Å². The van der Waals surface area contributed by atoms with Gasteiger partial charge in [0.25, 0.3) is 5.91 Å². The largest absolute Gasteiger partial charge is 0.490 e. The zero-order valence-electron chi connectivity index (χ0n) is 16.6. The molecule has 0 bridgehead atoms. The lowest BCUT2D eigenvalue weighted by Gasteiger charge is -2.31. The van der Waals surface area contributed by atoms with Crippen molar-refractivity contribution in [2.24, 2.45) is 0 Å². The van der Waals surface area contributed by atoms with E-state index in [4.69, 9.17) is 9.47 Å². The van der Waals surface area contributed by atoms with Crippen molar-refractivity contribution in [2.75, 3.05) is 26.8 Å². The third-order valence-corrected chi connectivity index (χ3v) is 4.86. The van der Waals surface area contributed by atoms with Gasteiger partial charge in [-0.25, -0.2) is 0 Å². The minimum atomic E-state index is -0.0982. The molecule has 1 aliphatic rings. The predicted octanol–water partition coefficient (Wildman–Crippen LogP) is 2.89. The maximum Gasteiger partial charge on any atom is 0.251 e. The fourth-order valence-electron chi connectivity index (χ4n) is 3.38. The molecule has 1 atom stereocenters. The topological polar surface area (TPSA) is 63.7 Å². The van der Waals surface area contributed by atoms with Crippen LogP contribution in [0.5, 0.6) is 5.75 Å². The molecular formula is C22H29N3O3. The van der Waals surface area contributed by atoms with Crippen LogP contribution in [0, 0.1) is 0 Å². The molecule has 1 aromatic carbocycles. The van der Waals surface area contributed by atoms with Crippen molar-refractivity contribution in [3.63, 3.8) is 0 Å². The van der Waals surface area contributed by atoms with E-state index < -0.39 is 0 Å². The van der Waals surface area contributed by atoms with Gasteiger partial charge < -0.3 is 14.8 Å². The van der Waals surface area contributed by atoms with Gasteiger partial charge in [0.05, 0.1) is 12.3 Å². The van der Waals surface area contributed by atoms with Gasteiger partial charge in [-0.1, -0.05) is 6.07 Å². The van der Waals surface area contributed by atoms with Crippen LogP contribution in [0.15, 0.2) is 48.7 Å². The average Bonchev–Trinajstić information content (AvgIpc) is 2.71. The Morgan fingerprint density at radius 1 is 1.21 bits per heavy atom. The van der Waals surface area contributed by atoms with E-state index in [1.165, 1.54) is 0 Å². The average molecular weight is 383 g/mol. The van der Waals surface area contributed by atoms with E-state index in [0.717, 1.165) is 43.9 Å². The van der Waals surface area contributed by atoms with Gasteiger partial charge >= 0.3 is 0 Å². The van der Waals surface area contributed by atoms with Crippen LogP contribution < -0.4 is 10.1 Å². The van der Waals surface area contributed by atoms with Gasteiger partial charge in [0, 0.05) is 44.5 Å². The Kier molecular flexibility index (Phi) is 7.39. The molecule has 1 saturated heterocycles. The number of likely N-dealkylation sites (tertiary alicyclic amines) is 1. The van der Waals surface area contributed by atoms with Crippen LogP contribution in [0.3, 0.4) is 0 Å². The molecule has 6 nitrogen and oxygen atoms in total. The first-order valence-electron chi connectivity index (χ1n) is 9.83. The smallest absolute Gasteiger partial charge is 0.251 e. The first-order valence-corrected chi connectivity index (χ1v) is 9.83. The molecule has 1 fully saturated rings. The summed E-state index contributed by atoms with van der Waals surface area (Å²) in [6.07, 6.45) is 4.03. The van der Waals surface area contributed by atoms with Gasteiger partial charge in [0.15, 0.2) is 0 Å². The molecule has 0 saturated carbocycles. The number of hydrogen-bond donors (Lipinski definition) is 1. The fourth-order valence-corrected chi connectivity index (χ4v) is 3.38. The summed E-state index contributed by atoms with van der Waals surface area (Å²) in [5.74, 6) is 0.712. The van der Waals surface area contributed by atoms with Crippen molar-refractivity contribution >= 4 is 5.91 Å². The lowest BCUT2D eigenvalue weighted by molar-refractivity contribution is 0.0904. The van der Waals surface area contributed by atoms with Gasteiger partial charge in [0.1, 0.15) is 11.9 Å². The third kappa shape index (κ3) is 6.04. The highest BCUT2D eigenvalue weighted by atomic mass is 16.5. The second kappa shape index (κ2) is 10.2. The summed E-state index contributed by atoms with van der Waals surface area (Å²) < 4.78 is 11.2. The standard InChI is InChI=1S/C22H29N3O3/c1-17(16-27-2)24-22(26)18-6-8-20(9-7-18)28-21-10-13-25(14-11-21)15-19-5-3-4-12-23-19/h3-9,12,17,21H,10-11,13-16H2,1-2H3,(H,24,26). The second-order valence-corrected chi connectivity index (χ2v) is 7.27. The fraction of sp³-hybridized carbons (Fsp3) is 0.455. The normalized spacial score (nSPS) is 16.5. The number of nitrogens with one attached hydrogen (secondary N) is 1. The van der Waals surface area contributed by atoms with Crippen LogP contribution in [-0.4, -0.2) is 54.7 Å². The summed E-state index contributed by atoms with van der Waals surface area (Å²) >= 11 is 0. The molecule has 1 unspecified atom stereocenters. The SMILES string of the molecule is COCC(C)NC(=O)c1ccc(OC2CCN(Cc3ccccn3)CC2)cc1. The van der Waals surface area contributed by atoms with Crippen molar-refractivity contribution in [3.8, 4) is 5.75 Å². The number of piperidine rings is 1. The second-order valence-electron chi connectivity index (χ2n) is 7.27. The summed E-state index contributed by atoms with van der Waals surface area (Å²) in [6.45, 7) is 5.29. The van der Waals surface area contributed by atoms with Crippen molar-refractivity contribution in [1.29, 1.82) is 0 Å². The molecular weight excluding hydrogens is 354 g/mol. The highest BCUT2D eigenvalue weighted by molar-refractivity contribution is 5.94. The third-order valence-electron chi connectivity index (χ3n) is 4.86. The number of carbonyl (C=O) groups is 1. The quantitative estimate of drug-likeness (QED) is 0.759. The van der Waals surface area contributed by atoms with Crippen LogP contribution in [0.1, 0.15) is 35.8 Å². The molecule has 28 heavy (non-hydrogen) atoms. The first kappa shape index (κ1) is 20.3. The summed E-state index contributed by atoms with van der Waals surface area (Å²) in [6, 6.07) is 13.4. The Balaban J connectivity index is 1.44. The molecule has 150 valence electrons. The van der Waals surface area contributed by atoms with E-state index in [0.29, 0.717) is 12.2 Å². The van der Waals surface area contributed by atoms with Crippen LogP contribution in [0.25, 0.3) is 0 Å². The monoisotopic (exact) mass is 383 g/mol. The van der Waals surface area contributed by atoms with Gasteiger partial charge in [-0.15, -0.1) is 0 Å². The number of ether oxygens (including phenoxy) is 2. The molecule has 0 aliphatic carbocycles. The van der Waals surface area contributed by atoms with E-state index in [9.17, 15) is 4.79 Å². The summed E-state index contributed by atoms with van der Waals surface area (Å²) in [5.41, 5.74) is 1.73. The van der Waals surface area contributed by atoms with Crippen molar-refractivity contribution < 1.29 is 14.3 Å². The van der Waals surface area contributed by atoms with Crippen LogP contribution >= 0.6 is 0 Å². The van der Waals surface area contributed by atoms with Crippen LogP contribution in [0.4, 0.5) is 0 Å². The molecule has 1 aromatic heterocycles. The van der Waals surface area contributed by atoms with Gasteiger partial charge in [-0.05, 0) is 56.2 Å². The van der Waals surface area contributed by atoms with Crippen molar-refractivity contribution in [1.82, 2.24) is 15.2 Å². The summed E-state index contributed by atoms with van der Waals surface area (Å²) in [4.78, 5) is 19.0. The molecule has 3 rings (SSSR count). The summed E-state index contributed by atoms with van der Waals surface area (Å²) in [7, 11) is 1.62. The zero-order valence-corrected chi connectivity index (χ0v) is 16.6. The lowest BCUT2D eigenvalue weighted by Crippen LogP contribution is -2.38. The number of amides is 1. The van der Waals surface area contributed by atoms with Crippen LogP contribution in [-0.2, 0) is 11.3 Å².